The zero-order chi connectivity index (χ0) is 22.2. The number of hydrogen-bond acceptors (Lipinski definition) is 8. The monoisotopic (exact) mass is 414 g/mol. The maximum Gasteiger partial charge on any atom is 0.343 e. The van der Waals surface area contributed by atoms with Gasteiger partial charge in [0.05, 0.1) is 16.8 Å². The van der Waals surface area contributed by atoms with Gasteiger partial charge in [0.2, 0.25) is 6.08 Å². The van der Waals surface area contributed by atoms with Crippen molar-refractivity contribution in [3.05, 3.63) is 83.4 Å². The second-order valence-electron chi connectivity index (χ2n) is 6.17. The van der Waals surface area contributed by atoms with Crippen LogP contribution in [0.4, 0.5) is 5.69 Å². The van der Waals surface area contributed by atoms with Crippen LogP contribution in [0.3, 0.4) is 0 Å². The summed E-state index contributed by atoms with van der Waals surface area (Å²) in [7, 11) is 0. The van der Waals surface area contributed by atoms with Crippen molar-refractivity contribution in [2.24, 2.45) is 4.99 Å². The molecule has 0 bridgehead atoms. The SMILES string of the molecule is Cc1cc(OC(=O)c2ccc(OC#N)cc2)ccc1OC(=O)c1ccc(N=C=O)cc1. The van der Waals surface area contributed by atoms with Gasteiger partial charge in [-0.25, -0.2) is 14.4 Å². The molecule has 0 aliphatic rings. The predicted molar refractivity (Wildman–Crippen MR) is 108 cm³/mol. The summed E-state index contributed by atoms with van der Waals surface area (Å²) in [6.07, 6.45) is 2.97. The Morgan fingerprint density at radius 3 is 2.00 bits per heavy atom. The predicted octanol–water partition coefficient (Wildman–Crippen LogP) is 4.26. The number of carbonyl (C=O) groups is 2. The van der Waals surface area contributed by atoms with E-state index in [1.807, 2.05) is 0 Å². The van der Waals surface area contributed by atoms with Crippen molar-refractivity contribution in [3.63, 3.8) is 0 Å². The molecule has 0 atom stereocenters. The quantitative estimate of drug-likeness (QED) is 0.195. The number of carbonyl (C=O) groups excluding carboxylic acids is 3. The van der Waals surface area contributed by atoms with Crippen molar-refractivity contribution >= 4 is 23.7 Å². The molecule has 0 N–H and O–H groups in total. The van der Waals surface area contributed by atoms with E-state index in [1.54, 1.807) is 19.2 Å². The average Bonchev–Trinajstić information content (AvgIpc) is 2.77. The lowest BCUT2D eigenvalue weighted by Gasteiger charge is -2.10. The first-order valence-electron chi connectivity index (χ1n) is 8.89. The topological polar surface area (TPSA) is 115 Å². The Kier molecular flexibility index (Phi) is 6.54. The van der Waals surface area contributed by atoms with Gasteiger partial charge < -0.3 is 14.2 Å². The molecular formula is C23H14N2O6. The minimum Gasteiger partial charge on any atom is -0.423 e. The zero-order valence-electron chi connectivity index (χ0n) is 16.2. The van der Waals surface area contributed by atoms with Crippen LogP contribution in [-0.4, -0.2) is 18.0 Å². The first kappa shape index (κ1) is 21.0. The molecule has 8 nitrogen and oxygen atoms in total. The largest absolute Gasteiger partial charge is 0.423 e. The van der Waals surface area contributed by atoms with Crippen LogP contribution >= 0.6 is 0 Å². The summed E-state index contributed by atoms with van der Waals surface area (Å²) in [5, 5.41) is 8.48. The fraction of sp³-hybridized carbons (Fsp3) is 0.0435. The zero-order valence-corrected chi connectivity index (χ0v) is 16.2. The molecule has 0 aliphatic carbocycles. The van der Waals surface area contributed by atoms with Gasteiger partial charge in [-0.2, -0.15) is 4.99 Å². The maximum atomic E-state index is 12.3. The van der Waals surface area contributed by atoms with Gasteiger partial charge >= 0.3 is 11.9 Å². The Bertz CT molecular complexity index is 1200. The molecule has 0 fully saturated rings. The van der Waals surface area contributed by atoms with Crippen molar-refractivity contribution in [2.45, 2.75) is 6.92 Å². The normalized spacial score (nSPS) is 9.68. The molecule has 0 aromatic heterocycles. The molecule has 0 radical (unpaired) electrons. The summed E-state index contributed by atoms with van der Waals surface area (Å²) >= 11 is 0. The number of benzene rings is 3. The number of isocyanates is 1. The Labute approximate surface area is 176 Å². The van der Waals surface area contributed by atoms with Crippen molar-refractivity contribution in [3.8, 4) is 23.5 Å². The van der Waals surface area contributed by atoms with E-state index >= 15 is 0 Å². The highest BCUT2D eigenvalue weighted by molar-refractivity contribution is 5.92. The van der Waals surface area contributed by atoms with E-state index in [0.29, 0.717) is 22.7 Å². The first-order chi connectivity index (χ1) is 15.0. The maximum absolute atomic E-state index is 12.3. The number of rotatable bonds is 6. The van der Waals surface area contributed by atoms with Crippen molar-refractivity contribution in [1.29, 1.82) is 5.26 Å². The minimum atomic E-state index is -0.592. The van der Waals surface area contributed by atoms with Gasteiger partial charge in [0.15, 0.2) is 0 Å². The van der Waals surface area contributed by atoms with Crippen LogP contribution < -0.4 is 14.2 Å². The van der Waals surface area contributed by atoms with Crippen LogP contribution in [0, 0.1) is 18.4 Å². The molecule has 0 aliphatic heterocycles. The third-order valence-corrected chi connectivity index (χ3v) is 4.09. The number of aryl methyl sites for hydroxylation is 1. The average molecular weight is 414 g/mol. The highest BCUT2D eigenvalue weighted by Gasteiger charge is 2.13. The third kappa shape index (κ3) is 5.41. The molecule has 3 rings (SSSR count). The first-order valence-corrected chi connectivity index (χ1v) is 8.89. The van der Waals surface area contributed by atoms with E-state index in [9.17, 15) is 14.4 Å². The van der Waals surface area contributed by atoms with Crippen molar-refractivity contribution < 1.29 is 28.6 Å². The number of hydrogen-bond donors (Lipinski definition) is 0. The van der Waals surface area contributed by atoms with E-state index in [0.717, 1.165) is 0 Å². The van der Waals surface area contributed by atoms with Crippen LogP contribution in [0.2, 0.25) is 0 Å². The molecule has 0 saturated carbocycles. The lowest BCUT2D eigenvalue weighted by atomic mass is 10.2. The molecule has 8 heteroatoms. The highest BCUT2D eigenvalue weighted by atomic mass is 16.5. The summed E-state index contributed by atoms with van der Waals surface area (Å²) < 4.78 is 15.4. The van der Waals surface area contributed by atoms with Crippen LogP contribution in [0.15, 0.2) is 71.7 Å². The van der Waals surface area contributed by atoms with Gasteiger partial charge in [0.1, 0.15) is 17.2 Å². The summed E-state index contributed by atoms with van der Waals surface area (Å²) in [4.78, 5) is 38.3. The Morgan fingerprint density at radius 1 is 0.839 bits per heavy atom. The molecular weight excluding hydrogens is 400 g/mol. The molecule has 152 valence electrons. The number of ether oxygens (including phenoxy) is 3. The lowest BCUT2D eigenvalue weighted by molar-refractivity contribution is 0.0718. The Hall–Kier alpha value is -4.73. The summed E-state index contributed by atoms with van der Waals surface area (Å²) in [6, 6.07) is 16.5. The minimum absolute atomic E-state index is 0.274. The second kappa shape index (κ2) is 9.65. The van der Waals surface area contributed by atoms with Gasteiger partial charge in [0.25, 0.3) is 6.26 Å². The number of aliphatic imine (C=N–C) groups is 1. The number of nitrogens with zero attached hydrogens (tertiary/aromatic N) is 2. The van der Waals surface area contributed by atoms with E-state index in [1.165, 1.54) is 66.7 Å². The molecule has 31 heavy (non-hydrogen) atoms. The van der Waals surface area contributed by atoms with Crippen LogP contribution in [-0.2, 0) is 4.79 Å². The molecule has 0 unspecified atom stereocenters. The van der Waals surface area contributed by atoms with Crippen LogP contribution in [0.1, 0.15) is 26.3 Å². The van der Waals surface area contributed by atoms with Gasteiger partial charge in [-0.15, -0.1) is 5.26 Å². The molecule has 0 heterocycles. The molecule has 0 saturated heterocycles. The third-order valence-electron chi connectivity index (χ3n) is 4.09. The van der Waals surface area contributed by atoms with Gasteiger partial charge in [-0.1, -0.05) is 0 Å². The second-order valence-corrected chi connectivity index (χ2v) is 6.17. The van der Waals surface area contributed by atoms with Crippen molar-refractivity contribution in [2.75, 3.05) is 0 Å². The van der Waals surface area contributed by atoms with E-state index in [-0.39, 0.29) is 16.9 Å². The number of esters is 2. The van der Waals surface area contributed by atoms with Crippen LogP contribution in [0.5, 0.6) is 17.2 Å². The summed E-state index contributed by atoms with van der Waals surface area (Å²) in [5.41, 5.74) is 1.52. The van der Waals surface area contributed by atoms with E-state index in [4.69, 9.17) is 14.7 Å². The molecule has 0 spiro atoms. The molecule has 3 aromatic carbocycles. The highest BCUT2D eigenvalue weighted by Crippen LogP contribution is 2.25. The van der Waals surface area contributed by atoms with Gasteiger partial charge in [-0.05, 0) is 79.2 Å². The molecule has 0 amide bonds. The Balaban J connectivity index is 1.66. The van der Waals surface area contributed by atoms with Gasteiger partial charge in [-0.3, -0.25) is 0 Å². The Morgan fingerprint density at radius 2 is 1.42 bits per heavy atom. The van der Waals surface area contributed by atoms with E-state index in [2.05, 4.69) is 9.73 Å². The van der Waals surface area contributed by atoms with Crippen molar-refractivity contribution in [1.82, 2.24) is 0 Å². The summed E-state index contributed by atoms with van der Waals surface area (Å²) in [6.45, 7) is 1.70. The van der Waals surface area contributed by atoms with Gasteiger partial charge in [0, 0.05) is 0 Å². The standard InChI is InChI=1S/C23H14N2O6/c1-15-12-20(30-22(27)17-4-8-19(9-5-17)29-13-24)10-11-21(15)31-23(28)16-2-6-18(7-3-16)25-14-26/h2-12H,1H3. The fourth-order valence-electron chi connectivity index (χ4n) is 2.56. The number of nitriles is 1. The summed E-state index contributed by atoms with van der Waals surface area (Å²) in [5.74, 6) is -0.291. The lowest BCUT2D eigenvalue weighted by Crippen LogP contribution is -2.10. The smallest absolute Gasteiger partial charge is 0.343 e. The van der Waals surface area contributed by atoms with E-state index < -0.39 is 11.9 Å². The molecule has 3 aromatic rings. The fourth-order valence-corrected chi connectivity index (χ4v) is 2.56. The van der Waals surface area contributed by atoms with Crippen LogP contribution in [0.25, 0.3) is 0 Å².